The molecule has 0 aliphatic carbocycles. The van der Waals surface area contributed by atoms with Gasteiger partial charge in [-0.1, -0.05) is 44.2 Å². The topological polar surface area (TPSA) is 66.4 Å². The Hall–Kier alpha value is -2.10. The standard InChI is InChI=1S/C14H17NO3/c1-14(2,11-6-4-3-5-7-11)10-15-12(16)8-9-13(17)18/h3-9H,10H2,1-2H3,(H,15,16)(H,17,18)/b9-8-. The fourth-order valence-corrected chi connectivity index (χ4v) is 1.51. The number of hydrogen-bond acceptors (Lipinski definition) is 2. The molecule has 0 spiro atoms. The summed E-state index contributed by atoms with van der Waals surface area (Å²) >= 11 is 0. The van der Waals surface area contributed by atoms with Crippen molar-refractivity contribution in [3.05, 3.63) is 48.0 Å². The van der Waals surface area contributed by atoms with E-state index in [-0.39, 0.29) is 5.41 Å². The third-order valence-electron chi connectivity index (χ3n) is 2.64. The number of carbonyl (C=O) groups excluding carboxylic acids is 1. The highest BCUT2D eigenvalue weighted by atomic mass is 16.4. The molecule has 0 saturated heterocycles. The van der Waals surface area contributed by atoms with Gasteiger partial charge in [-0.05, 0) is 5.56 Å². The molecule has 1 amide bonds. The molecule has 0 atom stereocenters. The van der Waals surface area contributed by atoms with E-state index in [2.05, 4.69) is 5.32 Å². The molecule has 18 heavy (non-hydrogen) atoms. The molecule has 1 rings (SSSR count). The van der Waals surface area contributed by atoms with Crippen LogP contribution in [0.25, 0.3) is 0 Å². The summed E-state index contributed by atoms with van der Waals surface area (Å²) in [7, 11) is 0. The van der Waals surface area contributed by atoms with Gasteiger partial charge in [0.1, 0.15) is 0 Å². The summed E-state index contributed by atoms with van der Waals surface area (Å²) in [4.78, 5) is 21.6. The molecule has 0 heterocycles. The quantitative estimate of drug-likeness (QED) is 0.778. The molecule has 1 aromatic rings. The zero-order valence-electron chi connectivity index (χ0n) is 10.5. The van der Waals surface area contributed by atoms with Crippen molar-refractivity contribution < 1.29 is 14.7 Å². The van der Waals surface area contributed by atoms with E-state index in [9.17, 15) is 9.59 Å². The first-order valence-electron chi connectivity index (χ1n) is 5.66. The summed E-state index contributed by atoms with van der Waals surface area (Å²) in [6.07, 6.45) is 1.84. The summed E-state index contributed by atoms with van der Waals surface area (Å²) in [5, 5.41) is 11.1. The van der Waals surface area contributed by atoms with Crippen LogP contribution in [0.3, 0.4) is 0 Å². The van der Waals surface area contributed by atoms with Crippen molar-refractivity contribution in [1.82, 2.24) is 5.32 Å². The average molecular weight is 247 g/mol. The second kappa shape index (κ2) is 6.00. The van der Waals surface area contributed by atoms with E-state index in [1.807, 2.05) is 44.2 Å². The van der Waals surface area contributed by atoms with Gasteiger partial charge in [-0.15, -0.1) is 0 Å². The lowest BCUT2D eigenvalue weighted by molar-refractivity contribution is -0.131. The van der Waals surface area contributed by atoms with Crippen LogP contribution in [-0.4, -0.2) is 23.5 Å². The third kappa shape index (κ3) is 4.41. The molecule has 4 nitrogen and oxygen atoms in total. The van der Waals surface area contributed by atoms with E-state index >= 15 is 0 Å². The molecule has 0 saturated carbocycles. The Bertz CT molecular complexity index is 449. The lowest BCUT2D eigenvalue weighted by Gasteiger charge is -2.25. The highest BCUT2D eigenvalue weighted by molar-refractivity contribution is 5.93. The van der Waals surface area contributed by atoms with E-state index in [0.717, 1.165) is 17.7 Å². The van der Waals surface area contributed by atoms with Gasteiger partial charge in [-0.3, -0.25) is 4.79 Å². The third-order valence-corrected chi connectivity index (χ3v) is 2.64. The van der Waals surface area contributed by atoms with Gasteiger partial charge in [-0.25, -0.2) is 4.79 Å². The number of benzene rings is 1. The molecule has 0 unspecified atom stereocenters. The number of amides is 1. The monoisotopic (exact) mass is 247 g/mol. The summed E-state index contributed by atoms with van der Waals surface area (Å²) in [6.45, 7) is 4.48. The first-order chi connectivity index (χ1) is 8.42. The number of rotatable bonds is 5. The lowest BCUT2D eigenvalue weighted by atomic mass is 9.84. The largest absolute Gasteiger partial charge is 0.478 e. The highest BCUT2D eigenvalue weighted by Crippen LogP contribution is 2.21. The lowest BCUT2D eigenvalue weighted by Crippen LogP contribution is -2.35. The maximum Gasteiger partial charge on any atom is 0.328 e. The predicted octanol–water partition coefficient (Wildman–Crippen LogP) is 1.72. The van der Waals surface area contributed by atoms with Crippen LogP contribution in [0.2, 0.25) is 0 Å². The molecular formula is C14H17NO3. The van der Waals surface area contributed by atoms with Gasteiger partial charge < -0.3 is 10.4 Å². The second-order valence-electron chi connectivity index (χ2n) is 4.64. The number of carboxylic acids is 1. The van der Waals surface area contributed by atoms with Crippen molar-refractivity contribution in [1.29, 1.82) is 0 Å². The van der Waals surface area contributed by atoms with Crippen molar-refractivity contribution >= 4 is 11.9 Å². The Morgan fingerprint density at radius 1 is 1.22 bits per heavy atom. The van der Waals surface area contributed by atoms with Crippen molar-refractivity contribution in [3.8, 4) is 0 Å². The van der Waals surface area contributed by atoms with E-state index in [4.69, 9.17) is 5.11 Å². The molecule has 0 fully saturated rings. The van der Waals surface area contributed by atoms with Crippen LogP contribution >= 0.6 is 0 Å². The maximum atomic E-state index is 11.4. The second-order valence-corrected chi connectivity index (χ2v) is 4.64. The predicted molar refractivity (Wildman–Crippen MR) is 69.3 cm³/mol. The number of hydrogen-bond donors (Lipinski definition) is 2. The first-order valence-corrected chi connectivity index (χ1v) is 5.66. The summed E-state index contributed by atoms with van der Waals surface area (Å²) < 4.78 is 0. The van der Waals surface area contributed by atoms with Crippen LogP contribution in [0, 0.1) is 0 Å². The minimum Gasteiger partial charge on any atom is -0.478 e. The minimum atomic E-state index is -1.13. The van der Waals surface area contributed by atoms with Gasteiger partial charge >= 0.3 is 5.97 Å². The van der Waals surface area contributed by atoms with Gasteiger partial charge in [0.15, 0.2) is 0 Å². The molecule has 2 N–H and O–H groups in total. The normalized spacial score (nSPS) is 11.4. The number of carbonyl (C=O) groups is 2. The molecule has 1 aromatic carbocycles. The Morgan fingerprint density at radius 3 is 2.39 bits per heavy atom. The Morgan fingerprint density at radius 2 is 1.83 bits per heavy atom. The Balaban J connectivity index is 2.57. The Labute approximate surface area is 106 Å². The highest BCUT2D eigenvalue weighted by Gasteiger charge is 2.20. The summed E-state index contributed by atoms with van der Waals surface area (Å²) in [6, 6.07) is 9.83. The van der Waals surface area contributed by atoms with Crippen LogP contribution in [-0.2, 0) is 15.0 Å². The zero-order valence-corrected chi connectivity index (χ0v) is 10.5. The van der Waals surface area contributed by atoms with Crippen LogP contribution in [0.5, 0.6) is 0 Å². The molecule has 0 aliphatic rings. The molecular weight excluding hydrogens is 230 g/mol. The van der Waals surface area contributed by atoms with Gasteiger partial charge in [0, 0.05) is 24.1 Å². The Kier molecular flexibility index (Phi) is 4.66. The molecule has 4 heteroatoms. The van der Waals surface area contributed by atoms with Crippen LogP contribution in [0.4, 0.5) is 0 Å². The first kappa shape index (κ1) is 14.0. The van der Waals surface area contributed by atoms with Crippen LogP contribution in [0.15, 0.2) is 42.5 Å². The van der Waals surface area contributed by atoms with Crippen molar-refractivity contribution in [3.63, 3.8) is 0 Å². The number of nitrogens with one attached hydrogen (secondary N) is 1. The van der Waals surface area contributed by atoms with Gasteiger partial charge in [0.05, 0.1) is 0 Å². The van der Waals surface area contributed by atoms with Crippen molar-refractivity contribution in [2.24, 2.45) is 0 Å². The molecule has 0 aliphatic heterocycles. The smallest absolute Gasteiger partial charge is 0.328 e. The number of aliphatic carboxylic acids is 1. The fraction of sp³-hybridized carbons (Fsp3) is 0.286. The fourth-order valence-electron chi connectivity index (χ4n) is 1.51. The van der Waals surface area contributed by atoms with E-state index < -0.39 is 11.9 Å². The van der Waals surface area contributed by atoms with Crippen molar-refractivity contribution in [2.75, 3.05) is 6.54 Å². The minimum absolute atomic E-state index is 0.200. The van der Waals surface area contributed by atoms with E-state index in [1.54, 1.807) is 0 Å². The summed E-state index contributed by atoms with van der Waals surface area (Å²) in [5.41, 5.74) is 0.918. The molecule has 0 radical (unpaired) electrons. The van der Waals surface area contributed by atoms with E-state index in [1.165, 1.54) is 0 Å². The maximum absolute atomic E-state index is 11.4. The SMILES string of the molecule is CC(C)(CNC(=O)/C=C\C(=O)O)c1ccccc1. The van der Waals surface area contributed by atoms with E-state index in [0.29, 0.717) is 6.54 Å². The number of carboxylic acid groups (broad SMARTS) is 1. The molecule has 96 valence electrons. The van der Waals surface area contributed by atoms with Crippen molar-refractivity contribution in [2.45, 2.75) is 19.3 Å². The molecule has 0 bridgehead atoms. The summed E-state index contributed by atoms with van der Waals surface area (Å²) in [5.74, 6) is -1.53. The van der Waals surface area contributed by atoms with Gasteiger partial charge in [0.25, 0.3) is 0 Å². The van der Waals surface area contributed by atoms with Gasteiger partial charge in [-0.2, -0.15) is 0 Å². The van der Waals surface area contributed by atoms with Gasteiger partial charge in [0.2, 0.25) is 5.91 Å². The zero-order chi connectivity index (χ0) is 13.6. The van der Waals surface area contributed by atoms with Crippen LogP contribution < -0.4 is 5.32 Å². The molecule has 0 aromatic heterocycles. The average Bonchev–Trinajstić information content (AvgIpc) is 2.35. The van der Waals surface area contributed by atoms with Crippen LogP contribution in [0.1, 0.15) is 19.4 Å².